The minimum absolute atomic E-state index is 0.184. The summed E-state index contributed by atoms with van der Waals surface area (Å²) in [7, 11) is 0. The van der Waals surface area contributed by atoms with E-state index in [9.17, 15) is 10.4 Å². The minimum Gasteiger partial charge on any atom is -0.619 e. The van der Waals surface area contributed by atoms with Crippen molar-refractivity contribution in [3.05, 3.63) is 46.3 Å². The zero-order chi connectivity index (χ0) is 11.9. The quantitative estimate of drug-likeness (QED) is 0.532. The summed E-state index contributed by atoms with van der Waals surface area (Å²) in [5, 5.41) is 23.8. The first kappa shape index (κ1) is 10.7. The summed E-state index contributed by atoms with van der Waals surface area (Å²) in [6.07, 6.45) is 0. The first-order chi connectivity index (χ1) is 7.46. The highest BCUT2D eigenvalue weighted by Gasteiger charge is 2.50. The molecule has 0 amide bonds. The Hall–Kier alpha value is -1.84. The van der Waals surface area contributed by atoms with Gasteiger partial charge in [-0.1, -0.05) is 18.2 Å². The van der Waals surface area contributed by atoms with E-state index in [2.05, 4.69) is 0 Å². The monoisotopic (exact) mass is 218 g/mol. The molecule has 4 heteroatoms. The first-order valence-electron chi connectivity index (χ1n) is 5.17. The van der Waals surface area contributed by atoms with Gasteiger partial charge in [0.2, 0.25) is 0 Å². The van der Waals surface area contributed by atoms with Crippen molar-refractivity contribution in [1.82, 2.24) is 0 Å². The Labute approximate surface area is 94.3 Å². The maximum atomic E-state index is 11.9. The lowest BCUT2D eigenvalue weighted by molar-refractivity contribution is -0.532. The van der Waals surface area contributed by atoms with Crippen LogP contribution in [0, 0.1) is 10.4 Å². The van der Waals surface area contributed by atoms with Crippen LogP contribution in [0.5, 0.6) is 0 Å². The smallest absolute Gasteiger partial charge is 0.433 e. The van der Waals surface area contributed by atoms with Crippen molar-refractivity contribution in [1.29, 1.82) is 0 Å². The van der Waals surface area contributed by atoms with Gasteiger partial charge in [0.1, 0.15) is 0 Å². The first-order valence-corrected chi connectivity index (χ1v) is 5.17. The van der Waals surface area contributed by atoms with Gasteiger partial charge >= 0.3 is 5.84 Å². The van der Waals surface area contributed by atoms with Crippen LogP contribution in [0.1, 0.15) is 26.3 Å². The van der Waals surface area contributed by atoms with Gasteiger partial charge in [-0.3, -0.25) is 0 Å². The number of hydrogen-bond acceptors (Lipinski definition) is 2. The van der Waals surface area contributed by atoms with E-state index in [-0.39, 0.29) is 5.84 Å². The second-order valence-corrected chi connectivity index (χ2v) is 4.41. The van der Waals surface area contributed by atoms with Gasteiger partial charge in [0.05, 0.1) is 12.5 Å². The van der Waals surface area contributed by atoms with E-state index in [1.165, 1.54) is 6.92 Å². The number of rotatable bonds is 1. The predicted octanol–water partition coefficient (Wildman–Crippen LogP) is 1.71. The molecule has 0 fully saturated rings. The molecule has 84 valence electrons. The molecule has 0 N–H and O–H groups in total. The number of nitrogens with zero attached hydrogens (tertiary/aromatic N) is 2. The molecule has 4 nitrogen and oxygen atoms in total. The lowest BCUT2D eigenvalue weighted by Crippen LogP contribution is -2.39. The molecular formula is C12H14N2O2. The highest BCUT2D eigenvalue weighted by molar-refractivity contribution is 6.06. The van der Waals surface area contributed by atoms with Gasteiger partial charge in [0.25, 0.3) is 11.3 Å². The molecule has 0 spiro atoms. The van der Waals surface area contributed by atoms with Gasteiger partial charge < -0.3 is 10.4 Å². The van der Waals surface area contributed by atoms with Gasteiger partial charge in [-0.15, -0.1) is 9.48 Å². The SMILES string of the molecule is CC1=[N+]([O-])C(C)(C)C(c2ccccc2)=[N+]1[O-]. The molecule has 0 saturated heterocycles. The highest BCUT2D eigenvalue weighted by Crippen LogP contribution is 2.22. The van der Waals surface area contributed by atoms with Crippen LogP contribution in [0.25, 0.3) is 0 Å². The Morgan fingerprint density at radius 2 is 1.62 bits per heavy atom. The summed E-state index contributed by atoms with van der Waals surface area (Å²) in [6, 6.07) is 9.28. The largest absolute Gasteiger partial charge is 0.619 e. The molecule has 0 aliphatic carbocycles. The van der Waals surface area contributed by atoms with E-state index < -0.39 is 5.54 Å². The number of benzene rings is 1. The van der Waals surface area contributed by atoms with Crippen molar-refractivity contribution in [2.24, 2.45) is 0 Å². The van der Waals surface area contributed by atoms with Crippen molar-refractivity contribution in [3.63, 3.8) is 0 Å². The second kappa shape index (κ2) is 3.33. The van der Waals surface area contributed by atoms with Crippen LogP contribution < -0.4 is 0 Å². The van der Waals surface area contributed by atoms with E-state index in [4.69, 9.17) is 0 Å². The molecule has 16 heavy (non-hydrogen) atoms. The summed E-state index contributed by atoms with van der Waals surface area (Å²) in [4.78, 5) is 0. The number of hydroxylamine groups is 2. The van der Waals surface area contributed by atoms with Crippen LogP contribution in [0.2, 0.25) is 0 Å². The fourth-order valence-corrected chi connectivity index (χ4v) is 2.06. The highest BCUT2D eigenvalue weighted by atomic mass is 16.5. The summed E-state index contributed by atoms with van der Waals surface area (Å²) >= 11 is 0. The molecular weight excluding hydrogens is 204 g/mol. The van der Waals surface area contributed by atoms with E-state index >= 15 is 0 Å². The molecule has 0 aromatic heterocycles. The molecule has 1 aliphatic heterocycles. The number of hydrogen-bond donors (Lipinski definition) is 0. The Bertz CT molecular complexity index is 487. The van der Waals surface area contributed by atoms with Gasteiger partial charge in [0, 0.05) is 13.8 Å². The molecule has 0 saturated carbocycles. The minimum atomic E-state index is -0.812. The van der Waals surface area contributed by atoms with Gasteiger partial charge in [-0.05, 0) is 12.1 Å². The lowest BCUT2D eigenvalue weighted by Gasteiger charge is -2.15. The normalized spacial score (nSPS) is 19.4. The predicted molar refractivity (Wildman–Crippen MR) is 62.6 cm³/mol. The molecule has 1 aromatic rings. The third-order valence-electron chi connectivity index (χ3n) is 2.93. The molecule has 0 atom stereocenters. The third-order valence-corrected chi connectivity index (χ3v) is 2.93. The molecule has 0 bridgehead atoms. The third kappa shape index (κ3) is 1.30. The van der Waals surface area contributed by atoms with Crippen molar-refractivity contribution in [3.8, 4) is 0 Å². The molecule has 2 rings (SSSR count). The van der Waals surface area contributed by atoms with E-state index in [1.807, 2.05) is 30.3 Å². The summed E-state index contributed by atoms with van der Waals surface area (Å²) in [5.74, 6) is 0.184. The van der Waals surface area contributed by atoms with Gasteiger partial charge in [0.15, 0.2) is 0 Å². The average molecular weight is 218 g/mol. The number of amidine groups is 1. The van der Waals surface area contributed by atoms with Gasteiger partial charge in [-0.2, -0.15) is 0 Å². The molecule has 1 aliphatic rings. The fourth-order valence-electron chi connectivity index (χ4n) is 2.06. The zero-order valence-corrected chi connectivity index (χ0v) is 9.60. The molecule has 0 radical (unpaired) electrons. The maximum absolute atomic E-state index is 11.9. The van der Waals surface area contributed by atoms with Crippen LogP contribution in [-0.2, 0) is 0 Å². The van der Waals surface area contributed by atoms with Crippen LogP contribution >= 0.6 is 0 Å². The van der Waals surface area contributed by atoms with Crippen molar-refractivity contribution in [2.45, 2.75) is 26.3 Å². The fraction of sp³-hybridized carbons (Fsp3) is 0.333. The van der Waals surface area contributed by atoms with Gasteiger partial charge in [-0.25, -0.2) is 0 Å². The summed E-state index contributed by atoms with van der Waals surface area (Å²) < 4.78 is 1.49. The molecule has 1 aromatic carbocycles. The van der Waals surface area contributed by atoms with Crippen LogP contribution in [0.4, 0.5) is 0 Å². The van der Waals surface area contributed by atoms with Crippen LogP contribution in [0.15, 0.2) is 30.3 Å². The van der Waals surface area contributed by atoms with E-state index in [0.717, 1.165) is 15.0 Å². The summed E-state index contributed by atoms with van der Waals surface area (Å²) in [5.41, 5.74) is 0.480. The maximum Gasteiger partial charge on any atom is 0.433 e. The molecule has 0 unspecified atom stereocenters. The Morgan fingerprint density at radius 3 is 2.06 bits per heavy atom. The Kier molecular flexibility index (Phi) is 2.22. The van der Waals surface area contributed by atoms with Crippen molar-refractivity contribution >= 4 is 11.5 Å². The topological polar surface area (TPSA) is 52.1 Å². The average Bonchev–Trinajstić information content (AvgIpc) is 2.41. The Morgan fingerprint density at radius 1 is 1.06 bits per heavy atom. The van der Waals surface area contributed by atoms with E-state index in [0.29, 0.717) is 5.71 Å². The van der Waals surface area contributed by atoms with Crippen molar-refractivity contribution < 1.29 is 9.48 Å². The second-order valence-electron chi connectivity index (χ2n) is 4.41. The van der Waals surface area contributed by atoms with Crippen LogP contribution in [-0.4, -0.2) is 26.6 Å². The summed E-state index contributed by atoms with van der Waals surface area (Å²) in [6.45, 7) is 5.05. The molecule has 1 heterocycles. The lowest BCUT2D eigenvalue weighted by atomic mass is 9.93. The van der Waals surface area contributed by atoms with E-state index in [1.54, 1.807) is 13.8 Å². The van der Waals surface area contributed by atoms with Crippen molar-refractivity contribution in [2.75, 3.05) is 0 Å². The zero-order valence-electron chi connectivity index (χ0n) is 9.60. The van der Waals surface area contributed by atoms with Crippen LogP contribution in [0.3, 0.4) is 0 Å². The Balaban J connectivity index is 2.61. The standard InChI is InChI=1S/C12H14N2O2/c1-9-13(15)11(12(2,3)14(9)16)10-7-5-4-6-8-10/h4-8H,1-3H3.